The molecule has 5 nitrogen and oxygen atoms in total. The van der Waals surface area contributed by atoms with Crippen LogP contribution in [0.5, 0.6) is 5.75 Å². The zero-order chi connectivity index (χ0) is 15.8. The van der Waals surface area contributed by atoms with Crippen LogP contribution in [0.3, 0.4) is 0 Å². The Morgan fingerprint density at radius 2 is 2.26 bits per heavy atom. The van der Waals surface area contributed by atoms with E-state index < -0.39 is 0 Å². The largest absolute Gasteiger partial charge is 0.494 e. The highest BCUT2D eigenvalue weighted by atomic mass is 32.1. The first kappa shape index (κ1) is 14.9. The van der Waals surface area contributed by atoms with Crippen LogP contribution >= 0.6 is 11.5 Å². The van der Waals surface area contributed by atoms with Crippen LogP contribution in [0, 0.1) is 5.92 Å². The number of hydrogen-bond acceptors (Lipinski definition) is 5. The number of ether oxygens (including phenoxy) is 1. The molecule has 0 aliphatic carbocycles. The monoisotopic (exact) mass is 331 g/mol. The van der Waals surface area contributed by atoms with Crippen molar-refractivity contribution in [1.82, 2.24) is 14.6 Å². The standard InChI is InChI=1S/C17H21N3O2S/c1-2-22-12-3-4-13-14(9-12)19-23-16(13)17(21)18-15-10-20-7-5-11(15)6-8-20/h3-4,9,11,15H,2,5-8,10H2,1H3,(H,18,21)/t15-/m0/s1. The normalized spacial score (nSPS) is 26.4. The van der Waals surface area contributed by atoms with Gasteiger partial charge < -0.3 is 15.0 Å². The van der Waals surface area contributed by atoms with Gasteiger partial charge >= 0.3 is 0 Å². The highest BCUT2D eigenvalue weighted by molar-refractivity contribution is 7.09. The molecule has 3 fully saturated rings. The number of nitrogens with zero attached hydrogens (tertiary/aromatic N) is 2. The van der Waals surface area contributed by atoms with Gasteiger partial charge in [-0.1, -0.05) is 0 Å². The van der Waals surface area contributed by atoms with Crippen molar-refractivity contribution >= 4 is 28.3 Å². The maximum absolute atomic E-state index is 12.7. The van der Waals surface area contributed by atoms with Gasteiger partial charge in [0.15, 0.2) is 0 Å². The number of nitrogens with one attached hydrogen (secondary N) is 1. The molecule has 4 heterocycles. The van der Waals surface area contributed by atoms with Crippen molar-refractivity contribution < 1.29 is 9.53 Å². The van der Waals surface area contributed by atoms with E-state index in [2.05, 4.69) is 14.6 Å². The van der Waals surface area contributed by atoms with E-state index in [1.807, 2.05) is 25.1 Å². The van der Waals surface area contributed by atoms with Gasteiger partial charge in [0, 0.05) is 24.0 Å². The number of amides is 1. The molecule has 1 atom stereocenters. The van der Waals surface area contributed by atoms with Crippen LogP contribution in [0.2, 0.25) is 0 Å². The molecule has 3 aliphatic rings. The molecule has 0 saturated carbocycles. The van der Waals surface area contributed by atoms with E-state index >= 15 is 0 Å². The van der Waals surface area contributed by atoms with E-state index in [-0.39, 0.29) is 11.9 Å². The van der Waals surface area contributed by atoms with E-state index in [0.29, 0.717) is 17.4 Å². The lowest BCUT2D eigenvalue weighted by Gasteiger charge is -2.44. The summed E-state index contributed by atoms with van der Waals surface area (Å²) >= 11 is 1.28. The topological polar surface area (TPSA) is 54.5 Å². The summed E-state index contributed by atoms with van der Waals surface area (Å²) in [4.78, 5) is 15.8. The molecule has 0 unspecified atom stereocenters. The van der Waals surface area contributed by atoms with E-state index in [0.717, 1.165) is 23.2 Å². The number of fused-ring (bicyclic) bond motifs is 4. The van der Waals surface area contributed by atoms with Crippen molar-refractivity contribution in [3.05, 3.63) is 23.1 Å². The Labute approximate surface area is 139 Å². The minimum Gasteiger partial charge on any atom is -0.494 e. The van der Waals surface area contributed by atoms with Crippen molar-refractivity contribution in [1.29, 1.82) is 0 Å². The van der Waals surface area contributed by atoms with Gasteiger partial charge in [-0.3, -0.25) is 4.79 Å². The summed E-state index contributed by atoms with van der Waals surface area (Å²) < 4.78 is 9.91. The summed E-state index contributed by atoms with van der Waals surface area (Å²) in [5.74, 6) is 1.45. The van der Waals surface area contributed by atoms with Gasteiger partial charge in [0.2, 0.25) is 0 Å². The number of carbonyl (C=O) groups excluding carboxylic acids is 1. The third kappa shape index (κ3) is 2.81. The predicted octanol–water partition coefficient (Wildman–Crippen LogP) is 2.52. The number of hydrogen-bond donors (Lipinski definition) is 1. The highest BCUT2D eigenvalue weighted by Gasteiger charge is 2.35. The highest BCUT2D eigenvalue weighted by Crippen LogP contribution is 2.29. The molecule has 122 valence electrons. The third-order valence-electron chi connectivity index (χ3n) is 4.94. The minimum atomic E-state index is 0.0143. The van der Waals surface area contributed by atoms with E-state index in [1.54, 1.807) is 0 Å². The van der Waals surface area contributed by atoms with Crippen molar-refractivity contribution in [2.24, 2.45) is 5.92 Å². The van der Waals surface area contributed by atoms with E-state index in [4.69, 9.17) is 4.74 Å². The fourth-order valence-corrected chi connectivity index (χ4v) is 4.46. The van der Waals surface area contributed by atoms with Crippen molar-refractivity contribution in [3.63, 3.8) is 0 Å². The van der Waals surface area contributed by atoms with E-state index in [1.165, 1.54) is 37.5 Å². The summed E-state index contributed by atoms with van der Waals surface area (Å²) in [6.45, 7) is 5.93. The first-order valence-corrected chi connectivity index (χ1v) is 9.07. The van der Waals surface area contributed by atoms with E-state index in [9.17, 15) is 4.79 Å². The zero-order valence-corrected chi connectivity index (χ0v) is 14.1. The van der Waals surface area contributed by atoms with Crippen LogP contribution in [0.1, 0.15) is 29.4 Å². The number of carbonyl (C=O) groups is 1. The zero-order valence-electron chi connectivity index (χ0n) is 13.2. The smallest absolute Gasteiger partial charge is 0.263 e. The molecule has 23 heavy (non-hydrogen) atoms. The molecule has 1 amide bonds. The van der Waals surface area contributed by atoms with Gasteiger partial charge in [-0.15, -0.1) is 0 Å². The lowest BCUT2D eigenvalue weighted by Crippen LogP contribution is -2.57. The number of rotatable bonds is 4. The number of benzene rings is 1. The maximum atomic E-state index is 12.7. The molecular weight excluding hydrogens is 310 g/mol. The molecule has 5 rings (SSSR count). The second kappa shape index (κ2) is 6.09. The van der Waals surface area contributed by atoms with Gasteiger partial charge in [-0.2, -0.15) is 4.37 Å². The van der Waals surface area contributed by atoms with Crippen LogP contribution in [0.25, 0.3) is 10.9 Å². The molecule has 0 radical (unpaired) electrons. The summed E-state index contributed by atoms with van der Waals surface area (Å²) in [7, 11) is 0. The van der Waals surface area contributed by atoms with Gasteiger partial charge in [-0.25, -0.2) is 0 Å². The average Bonchev–Trinajstić information content (AvgIpc) is 2.99. The van der Waals surface area contributed by atoms with Crippen molar-refractivity contribution in [3.8, 4) is 5.75 Å². The quantitative estimate of drug-likeness (QED) is 0.935. The molecule has 1 aromatic heterocycles. The Morgan fingerprint density at radius 1 is 1.43 bits per heavy atom. The average molecular weight is 331 g/mol. The summed E-state index contributed by atoms with van der Waals surface area (Å²) in [5, 5.41) is 4.16. The Hall–Kier alpha value is -1.66. The first-order valence-electron chi connectivity index (χ1n) is 8.30. The fraction of sp³-hybridized carbons (Fsp3) is 0.529. The van der Waals surface area contributed by atoms with Gasteiger partial charge in [0.25, 0.3) is 5.91 Å². The maximum Gasteiger partial charge on any atom is 0.263 e. The Balaban J connectivity index is 1.53. The fourth-order valence-electron chi connectivity index (χ4n) is 3.71. The molecule has 2 aromatic rings. The van der Waals surface area contributed by atoms with Crippen LogP contribution in [0.4, 0.5) is 0 Å². The first-order chi connectivity index (χ1) is 11.2. The van der Waals surface area contributed by atoms with Crippen LogP contribution in [0.15, 0.2) is 18.2 Å². The summed E-state index contributed by atoms with van der Waals surface area (Å²) in [6.07, 6.45) is 2.40. The second-order valence-electron chi connectivity index (χ2n) is 6.34. The van der Waals surface area contributed by atoms with Gasteiger partial charge in [0.05, 0.1) is 12.1 Å². The molecule has 2 bridgehead atoms. The lowest BCUT2D eigenvalue weighted by molar-refractivity contribution is 0.0623. The summed E-state index contributed by atoms with van der Waals surface area (Å²) in [6, 6.07) is 6.03. The minimum absolute atomic E-state index is 0.0143. The van der Waals surface area contributed by atoms with Crippen LogP contribution in [-0.2, 0) is 0 Å². The molecule has 3 aliphatic heterocycles. The van der Waals surface area contributed by atoms with Crippen LogP contribution < -0.4 is 10.1 Å². The second-order valence-corrected chi connectivity index (χ2v) is 7.12. The molecule has 3 saturated heterocycles. The van der Waals surface area contributed by atoms with Gasteiger partial charge in [0.1, 0.15) is 10.6 Å². The van der Waals surface area contributed by atoms with Crippen molar-refractivity contribution in [2.45, 2.75) is 25.8 Å². The number of aromatic nitrogens is 1. The van der Waals surface area contributed by atoms with Crippen molar-refractivity contribution in [2.75, 3.05) is 26.2 Å². The summed E-state index contributed by atoms with van der Waals surface area (Å²) in [5.41, 5.74) is 0.833. The Morgan fingerprint density at radius 3 is 2.96 bits per heavy atom. The SMILES string of the molecule is CCOc1ccc2c(C(=O)N[C@H]3CN4CCC3CC4)snc2c1. The predicted molar refractivity (Wildman–Crippen MR) is 91.2 cm³/mol. The molecule has 1 aromatic carbocycles. The third-order valence-corrected chi connectivity index (χ3v) is 5.81. The Bertz CT molecular complexity index is 722. The molecule has 0 spiro atoms. The molecule has 1 N–H and O–H groups in total. The van der Waals surface area contributed by atoms with Gasteiger partial charge in [-0.05, 0) is 62.4 Å². The Kier molecular flexibility index (Phi) is 3.95. The lowest BCUT2D eigenvalue weighted by atomic mass is 9.84. The molecular formula is C17H21N3O2S. The molecule has 6 heteroatoms. The number of piperidine rings is 3. The van der Waals surface area contributed by atoms with Crippen LogP contribution in [-0.4, -0.2) is 47.5 Å².